The molecule has 0 aromatic carbocycles. The van der Waals surface area contributed by atoms with Gasteiger partial charge in [0.1, 0.15) is 11.5 Å². The van der Waals surface area contributed by atoms with Crippen LogP contribution in [0.5, 0.6) is 0 Å². The average molecular weight is 347 g/mol. The van der Waals surface area contributed by atoms with Gasteiger partial charge in [0.15, 0.2) is 0 Å². The number of esters is 1. The Morgan fingerprint density at radius 3 is 2.88 bits per heavy atom. The number of fused-ring (bicyclic) bond motifs is 1. The number of amides is 1. The Morgan fingerprint density at radius 1 is 1.38 bits per heavy atom. The summed E-state index contributed by atoms with van der Waals surface area (Å²) >= 11 is 1.50. The summed E-state index contributed by atoms with van der Waals surface area (Å²) in [4.78, 5) is 25.9. The predicted octanol–water partition coefficient (Wildman–Crippen LogP) is 2.95. The van der Waals surface area contributed by atoms with Crippen LogP contribution in [-0.2, 0) is 28.9 Å². The minimum atomic E-state index is -0.345. The van der Waals surface area contributed by atoms with Crippen LogP contribution >= 0.6 is 11.3 Å². The highest BCUT2D eigenvalue weighted by molar-refractivity contribution is 7.17. The maximum atomic E-state index is 12.4. The van der Waals surface area contributed by atoms with Crippen molar-refractivity contribution in [3.8, 4) is 0 Å². The lowest BCUT2D eigenvalue weighted by Crippen LogP contribution is -2.20. The lowest BCUT2D eigenvalue weighted by Gasteiger charge is -2.12. The van der Waals surface area contributed by atoms with E-state index in [0.29, 0.717) is 17.2 Å². The topological polar surface area (TPSA) is 73.2 Å². The van der Waals surface area contributed by atoms with Crippen LogP contribution in [0.25, 0.3) is 0 Å². The van der Waals surface area contributed by atoms with Crippen LogP contribution in [0, 0.1) is 6.92 Å². The van der Waals surface area contributed by atoms with Crippen molar-refractivity contribution in [3.05, 3.63) is 34.0 Å². The highest BCUT2D eigenvalue weighted by Crippen LogP contribution is 2.38. The maximum Gasteiger partial charge on any atom is 0.341 e. The van der Waals surface area contributed by atoms with Gasteiger partial charge in [0.05, 0.1) is 17.9 Å². The zero-order valence-electron chi connectivity index (χ0n) is 13.9. The Bertz CT molecular complexity index is 763. The number of carbonyl (C=O) groups excluding carboxylic acids is 2. The molecule has 0 unspecified atom stereocenters. The number of nitrogens with one attached hydrogen (secondary N) is 1. The third kappa shape index (κ3) is 3.51. The summed E-state index contributed by atoms with van der Waals surface area (Å²) in [7, 11) is 0. The van der Waals surface area contributed by atoms with Crippen LogP contribution in [0.3, 0.4) is 0 Å². The molecular formula is C17H21N3O3S. The Balaban J connectivity index is 1.82. The number of nitrogens with zero attached hydrogens (tertiary/aromatic N) is 2. The molecule has 1 aliphatic rings. The van der Waals surface area contributed by atoms with Gasteiger partial charge in [-0.3, -0.25) is 9.48 Å². The molecule has 0 spiro atoms. The van der Waals surface area contributed by atoms with Gasteiger partial charge in [-0.1, -0.05) is 0 Å². The Morgan fingerprint density at radius 2 is 2.17 bits per heavy atom. The first-order valence-electron chi connectivity index (χ1n) is 8.20. The molecular weight excluding hydrogens is 326 g/mol. The number of anilines is 1. The molecule has 0 atom stereocenters. The van der Waals surface area contributed by atoms with Crippen molar-refractivity contribution in [2.75, 3.05) is 11.9 Å². The molecule has 128 valence electrons. The van der Waals surface area contributed by atoms with Gasteiger partial charge in [0.25, 0.3) is 0 Å². The second-order valence-corrected chi connectivity index (χ2v) is 6.94. The van der Waals surface area contributed by atoms with Crippen LogP contribution in [0.4, 0.5) is 5.00 Å². The van der Waals surface area contributed by atoms with Crippen molar-refractivity contribution in [3.63, 3.8) is 0 Å². The summed E-state index contributed by atoms with van der Waals surface area (Å²) < 4.78 is 6.78. The summed E-state index contributed by atoms with van der Waals surface area (Å²) in [5.41, 5.74) is 2.46. The molecule has 2 aromatic rings. The van der Waals surface area contributed by atoms with Gasteiger partial charge < -0.3 is 10.1 Å². The van der Waals surface area contributed by atoms with E-state index in [9.17, 15) is 9.59 Å². The molecule has 1 amide bonds. The Labute approximate surface area is 144 Å². The third-order valence-electron chi connectivity index (χ3n) is 3.98. The van der Waals surface area contributed by atoms with E-state index in [0.717, 1.165) is 36.9 Å². The van der Waals surface area contributed by atoms with E-state index < -0.39 is 0 Å². The van der Waals surface area contributed by atoms with E-state index in [1.807, 2.05) is 13.0 Å². The van der Waals surface area contributed by atoms with E-state index in [1.54, 1.807) is 17.8 Å². The normalized spacial score (nSPS) is 13.4. The minimum absolute atomic E-state index is 0.124. The zero-order chi connectivity index (χ0) is 17.1. The molecule has 0 fully saturated rings. The summed E-state index contributed by atoms with van der Waals surface area (Å²) in [5.74, 6) is -0.538. The molecule has 0 radical (unpaired) electrons. The van der Waals surface area contributed by atoms with Crippen LogP contribution in [0.1, 0.15) is 46.3 Å². The average Bonchev–Trinajstić information content (AvgIpc) is 3.10. The molecule has 24 heavy (non-hydrogen) atoms. The fourth-order valence-corrected chi connectivity index (χ4v) is 4.23. The summed E-state index contributed by atoms with van der Waals surface area (Å²) in [5, 5.41) is 7.70. The largest absolute Gasteiger partial charge is 0.462 e. The second kappa shape index (κ2) is 7.17. The van der Waals surface area contributed by atoms with Crippen molar-refractivity contribution in [1.29, 1.82) is 0 Å². The van der Waals surface area contributed by atoms with E-state index in [2.05, 4.69) is 10.4 Å². The smallest absolute Gasteiger partial charge is 0.341 e. The molecule has 0 bridgehead atoms. The van der Waals surface area contributed by atoms with Crippen molar-refractivity contribution in [1.82, 2.24) is 9.78 Å². The van der Waals surface area contributed by atoms with Crippen molar-refractivity contribution in [2.24, 2.45) is 0 Å². The van der Waals surface area contributed by atoms with Gasteiger partial charge in [-0.2, -0.15) is 5.10 Å². The summed E-state index contributed by atoms with van der Waals surface area (Å²) in [6.45, 7) is 4.11. The number of aromatic nitrogens is 2. The number of thiophene rings is 1. The van der Waals surface area contributed by atoms with Gasteiger partial charge >= 0.3 is 5.97 Å². The quantitative estimate of drug-likeness (QED) is 0.844. The van der Waals surface area contributed by atoms with E-state index in [-0.39, 0.29) is 18.4 Å². The van der Waals surface area contributed by atoms with E-state index in [4.69, 9.17) is 4.74 Å². The lowest BCUT2D eigenvalue weighted by molar-refractivity contribution is -0.116. The molecule has 6 nitrogen and oxygen atoms in total. The molecule has 3 rings (SSSR count). The van der Waals surface area contributed by atoms with Crippen LogP contribution in [0.2, 0.25) is 0 Å². The van der Waals surface area contributed by atoms with Crippen LogP contribution < -0.4 is 5.32 Å². The van der Waals surface area contributed by atoms with Crippen molar-refractivity contribution in [2.45, 2.75) is 46.1 Å². The van der Waals surface area contributed by atoms with Crippen molar-refractivity contribution >= 4 is 28.2 Å². The van der Waals surface area contributed by atoms with Gasteiger partial charge in [0.2, 0.25) is 5.91 Å². The molecule has 0 aliphatic heterocycles. The third-order valence-corrected chi connectivity index (χ3v) is 5.19. The first kappa shape index (κ1) is 16.7. The molecule has 2 aromatic heterocycles. The maximum absolute atomic E-state index is 12.4. The summed E-state index contributed by atoms with van der Waals surface area (Å²) in [6.07, 6.45) is 5.78. The molecule has 7 heteroatoms. The summed E-state index contributed by atoms with van der Waals surface area (Å²) in [6, 6.07) is 1.85. The van der Waals surface area contributed by atoms with Gasteiger partial charge in [-0.25, -0.2) is 4.79 Å². The zero-order valence-corrected chi connectivity index (χ0v) is 14.7. The standard InChI is InChI=1S/C17H21N3O3S/c1-3-23-17(22)15-12-6-4-5-7-13(12)24-16(15)18-14(21)10-20-9-8-11(2)19-20/h8-9H,3-7,10H2,1-2H3,(H,18,21). The van der Waals surface area contributed by atoms with Gasteiger partial charge in [-0.15, -0.1) is 11.3 Å². The molecule has 2 heterocycles. The highest BCUT2D eigenvalue weighted by atomic mass is 32.1. The number of hydrogen-bond donors (Lipinski definition) is 1. The number of rotatable bonds is 5. The minimum Gasteiger partial charge on any atom is -0.462 e. The van der Waals surface area contributed by atoms with Crippen LogP contribution in [-0.4, -0.2) is 28.3 Å². The number of ether oxygens (including phenoxy) is 1. The SMILES string of the molecule is CCOC(=O)c1c(NC(=O)Cn2ccc(C)n2)sc2c1CCCC2. The number of hydrogen-bond acceptors (Lipinski definition) is 5. The monoisotopic (exact) mass is 347 g/mol. The molecule has 0 saturated carbocycles. The lowest BCUT2D eigenvalue weighted by atomic mass is 9.95. The molecule has 1 N–H and O–H groups in total. The second-order valence-electron chi connectivity index (χ2n) is 5.84. The Kier molecular flexibility index (Phi) is 4.99. The van der Waals surface area contributed by atoms with Gasteiger partial charge in [-0.05, 0) is 51.2 Å². The number of carbonyl (C=O) groups is 2. The fourth-order valence-electron chi connectivity index (χ4n) is 2.94. The highest BCUT2D eigenvalue weighted by Gasteiger charge is 2.27. The molecule has 0 saturated heterocycles. The van der Waals surface area contributed by atoms with E-state index >= 15 is 0 Å². The first-order chi connectivity index (χ1) is 11.6. The number of aryl methyl sites for hydroxylation is 2. The molecule has 1 aliphatic carbocycles. The van der Waals surface area contributed by atoms with Gasteiger partial charge in [0, 0.05) is 11.1 Å². The first-order valence-corrected chi connectivity index (χ1v) is 9.01. The Hall–Kier alpha value is -2.15. The van der Waals surface area contributed by atoms with E-state index in [1.165, 1.54) is 16.2 Å². The fraction of sp³-hybridized carbons (Fsp3) is 0.471. The predicted molar refractivity (Wildman–Crippen MR) is 92.5 cm³/mol. The van der Waals surface area contributed by atoms with Crippen LogP contribution in [0.15, 0.2) is 12.3 Å². The van der Waals surface area contributed by atoms with Crippen molar-refractivity contribution < 1.29 is 14.3 Å².